The fourth-order valence-electron chi connectivity index (χ4n) is 2.01. The summed E-state index contributed by atoms with van der Waals surface area (Å²) in [4.78, 5) is 2.37. The van der Waals surface area contributed by atoms with Gasteiger partial charge in [-0.1, -0.05) is 40.2 Å². The molecule has 0 saturated heterocycles. The van der Waals surface area contributed by atoms with Crippen molar-refractivity contribution in [3.63, 3.8) is 0 Å². The minimum Gasteiger partial charge on any atom is -0.372 e. The van der Waals surface area contributed by atoms with E-state index in [1.54, 1.807) is 0 Å². The van der Waals surface area contributed by atoms with Gasteiger partial charge in [0.1, 0.15) is 0 Å². The maximum Gasteiger partial charge on any atom is 0.0366 e. The Labute approximate surface area is 120 Å². The summed E-state index contributed by atoms with van der Waals surface area (Å²) in [7, 11) is 0. The minimum absolute atomic E-state index is 1.06. The topological polar surface area (TPSA) is 3.24 Å². The molecule has 0 radical (unpaired) electrons. The number of allylic oxidation sites excluding steroid dienone is 2. The van der Waals surface area contributed by atoms with Crippen LogP contribution in [-0.2, 0) is 6.42 Å². The third kappa shape index (κ3) is 5.26. The molecule has 0 spiro atoms. The normalized spacial score (nSPS) is 11.1. The number of halogens is 1. The van der Waals surface area contributed by atoms with Gasteiger partial charge in [0.05, 0.1) is 0 Å². The Morgan fingerprint density at radius 1 is 1.00 bits per heavy atom. The number of hydrogen-bond acceptors (Lipinski definition) is 1. The largest absolute Gasteiger partial charge is 0.372 e. The van der Waals surface area contributed by atoms with E-state index in [-0.39, 0.29) is 0 Å². The van der Waals surface area contributed by atoms with Crippen LogP contribution in [0.15, 0.2) is 36.4 Å². The molecule has 0 N–H and O–H groups in total. The van der Waals surface area contributed by atoms with Crippen molar-refractivity contribution in [2.45, 2.75) is 33.1 Å². The average molecular weight is 310 g/mol. The Hall–Kier alpha value is -0.760. The third-order valence-electron chi connectivity index (χ3n) is 3.11. The lowest BCUT2D eigenvalue weighted by molar-refractivity contribution is 0.865. The van der Waals surface area contributed by atoms with Gasteiger partial charge in [0.25, 0.3) is 0 Å². The second-order valence-corrected chi connectivity index (χ2v) is 5.12. The monoisotopic (exact) mass is 309 g/mol. The molecule has 0 atom stereocenters. The molecular formula is C16H24BrN. The molecule has 0 bridgehead atoms. The minimum atomic E-state index is 1.06. The van der Waals surface area contributed by atoms with E-state index < -0.39 is 0 Å². The van der Waals surface area contributed by atoms with Crippen molar-refractivity contribution in [1.82, 2.24) is 0 Å². The van der Waals surface area contributed by atoms with Gasteiger partial charge in [0, 0.05) is 24.1 Å². The van der Waals surface area contributed by atoms with E-state index in [4.69, 9.17) is 0 Å². The van der Waals surface area contributed by atoms with Gasteiger partial charge in [-0.3, -0.25) is 0 Å². The first-order valence-corrected chi connectivity index (χ1v) is 7.98. The van der Waals surface area contributed by atoms with Crippen molar-refractivity contribution < 1.29 is 0 Å². The van der Waals surface area contributed by atoms with Gasteiger partial charge in [0.15, 0.2) is 0 Å². The molecule has 0 fully saturated rings. The summed E-state index contributed by atoms with van der Waals surface area (Å²) in [6, 6.07) is 8.99. The predicted molar refractivity (Wildman–Crippen MR) is 85.9 cm³/mol. The highest BCUT2D eigenvalue weighted by atomic mass is 79.9. The SMILES string of the molecule is CCN(CC)c1ccc(CC/C=C/CCBr)cc1. The van der Waals surface area contributed by atoms with Crippen LogP contribution in [0.4, 0.5) is 5.69 Å². The van der Waals surface area contributed by atoms with Crippen molar-refractivity contribution in [3.05, 3.63) is 42.0 Å². The molecule has 2 heteroatoms. The van der Waals surface area contributed by atoms with Crippen LogP contribution in [0, 0.1) is 0 Å². The Balaban J connectivity index is 2.45. The molecule has 0 unspecified atom stereocenters. The Morgan fingerprint density at radius 2 is 1.61 bits per heavy atom. The molecule has 0 amide bonds. The zero-order valence-electron chi connectivity index (χ0n) is 11.5. The van der Waals surface area contributed by atoms with Gasteiger partial charge in [-0.05, 0) is 50.8 Å². The van der Waals surface area contributed by atoms with Crippen LogP contribution in [0.3, 0.4) is 0 Å². The number of benzene rings is 1. The van der Waals surface area contributed by atoms with Gasteiger partial charge in [0.2, 0.25) is 0 Å². The van der Waals surface area contributed by atoms with E-state index in [2.05, 4.69) is 71.1 Å². The summed E-state index contributed by atoms with van der Waals surface area (Å²) >= 11 is 3.43. The predicted octanol–water partition coefficient (Wildman–Crippen LogP) is 4.81. The van der Waals surface area contributed by atoms with Gasteiger partial charge in [-0.15, -0.1) is 0 Å². The van der Waals surface area contributed by atoms with Gasteiger partial charge in [-0.2, -0.15) is 0 Å². The van der Waals surface area contributed by atoms with Crippen LogP contribution in [0.5, 0.6) is 0 Å². The summed E-state index contributed by atoms with van der Waals surface area (Å²) in [6.07, 6.45) is 7.93. The zero-order valence-corrected chi connectivity index (χ0v) is 13.1. The third-order valence-corrected chi connectivity index (χ3v) is 3.56. The lowest BCUT2D eigenvalue weighted by atomic mass is 10.1. The van der Waals surface area contributed by atoms with Crippen molar-refractivity contribution in [2.24, 2.45) is 0 Å². The number of alkyl halides is 1. The van der Waals surface area contributed by atoms with Crippen LogP contribution >= 0.6 is 15.9 Å². The lowest BCUT2D eigenvalue weighted by Crippen LogP contribution is -2.21. The summed E-state index contributed by atoms with van der Waals surface area (Å²) in [5, 5.41) is 1.06. The molecule has 18 heavy (non-hydrogen) atoms. The van der Waals surface area contributed by atoms with Crippen LogP contribution in [0.1, 0.15) is 32.3 Å². The second kappa shape index (κ2) is 9.21. The van der Waals surface area contributed by atoms with Gasteiger partial charge < -0.3 is 4.90 Å². The summed E-state index contributed by atoms with van der Waals surface area (Å²) < 4.78 is 0. The Kier molecular flexibility index (Phi) is 7.83. The fourth-order valence-corrected chi connectivity index (χ4v) is 2.28. The quantitative estimate of drug-likeness (QED) is 0.492. The number of nitrogens with zero attached hydrogens (tertiary/aromatic N) is 1. The highest BCUT2D eigenvalue weighted by Gasteiger charge is 2.00. The molecular weight excluding hydrogens is 286 g/mol. The number of hydrogen-bond donors (Lipinski definition) is 0. The Morgan fingerprint density at radius 3 is 2.17 bits per heavy atom. The van der Waals surface area contributed by atoms with Crippen LogP contribution < -0.4 is 4.90 Å². The molecule has 100 valence electrons. The van der Waals surface area contributed by atoms with Crippen molar-refractivity contribution in [1.29, 1.82) is 0 Å². The van der Waals surface area contributed by atoms with Gasteiger partial charge >= 0.3 is 0 Å². The summed E-state index contributed by atoms with van der Waals surface area (Å²) in [5.74, 6) is 0. The standard InChI is InChI=1S/C16H24BrN/c1-3-18(4-2)16-12-10-15(11-13-16)9-7-5-6-8-14-17/h5-6,10-13H,3-4,7-9,14H2,1-2H3/b6-5+. The molecule has 1 aromatic rings. The first kappa shape index (κ1) is 15.3. The van der Waals surface area contributed by atoms with E-state index in [1.807, 2.05) is 0 Å². The van der Waals surface area contributed by atoms with Crippen molar-refractivity contribution in [2.75, 3.05) is 23.3 Å². The molecule has 0 aliphatic rings. The van der Waals surface area contributed by atoms with Crippen LogP contribution in [0.25, 0.3) is 0 Å². The Bertz CT molecular complexity index is 339. The molecule has 1 aromatic carbocycles. The molecule has 0 heterocycles. The molecule has 0 saturated carbocycles. The summed E-state index contributed by atoms with van der Waals surface area (Å²) in [5.41, 5.74) is 2.76. The average Bonchev–Trinajstić information content (AvgIpc) is 2.41. The van der Waals surface area contributed by atoms with Crippen LogP contribution in [0.2, 0.25) is 0 Å². The van der Waals surface area contributed by atoms with Crippen molar-refractivity contribution >= 4 is 21.6 Å². The van der Waals surface area contributed by atoms with Gasteiger partial charge in [-0.25, -0.2) is 0 Å². The molecule has 0 aliphatic heterocycles. The fraction of sp³-hybridized carbons (Fsp3) is 0.500. The highest BCUT2D eigenvalue weighted by molar-refractivity contribution is 9.09. The van der Waals surface area contributed by atoms with E-state index in [0.717, 1.165) is 37.7 Å². The van der Waals surface area contributed by atoms with E-state index in [1.165, 1.54) is 11.3 Å². The molecule has 0 aromatic heterocycles. The van der Waals surface area contributed by atoms with E-state index in [9.17, 15) is 0 Å². The van der Waals surface area contributed by atoms with E-state index in [0.29, 0.717) is 0 Å². The van der Waals surface area contributed by atoms with Crippen molar-refractivity contribution in [3.8, 4) is 0 Å². The maximum absolute atomic E-state index is 3.43. The lowest BCUT2D eigenvalue weighted by Gasteiger charge is -2.21. The molecule has 1 nitrogen and oxygen atoms in total. The van der Waals surface area contributed by atoms with Crippen LogP contribution in [-0.4, -0.2) is 18.4 Å². The number of aryl methyl sites for hydroxylation is 1. The molecule has 1 rings (SSSR count). The highest BCUT2D eigenvalue weighted by Crippen LogP contribution is 2.15. The smallest absolute Gasteiger partial charge is 0.0366 e. The van der Waals surface area contributed by atoms with E-state index >= 15 is 0 Å². The molecule has 0 aliphatic carbocycles. The first-order chi connectivity index (χ1) is 8.81. The number of anilines is 1. The maximum atomic E-state index is 3.43. The number of rotatable bonds is 8. The second-order valence-electron chi connectivity index (χ2n) is 4.33. The summed E-state index contributed by atoms with van der Waals surface area (Å²) in [6.45, 7) is 6.55. The zero-order chi connectivity index (χ0) is 13.2. The first-order valence-electron chi connectivity index (χ1n) is 6.86.